The lowest BCUT2D eigenvalue weighted by molar-refractivity contribution is -0.383. The van der Waals surface area contributed by atoms with E-state index in [9.17, 15) is 14.9 Å². The number of aromatic nitrogens is 1. The summed E-state index contributed by atoms with van der Waals surface area (Å²) in [6, 6.07) is 6.36. The highest BCUT2D eigenvalue weighted by Gasteiger charge is 2.14. The molecule has 1 aromatic carbocycles. The molecule has 5 nitrogen and oxygen atoms in total. The van der Waals surface area contributed by atoms with Gasteiger partial charge < -0.3 is 0 Å². The molecule has 1 aromatic heterocycles. The Morgan fingerprint density at radius 1 is 1.36 bits per heavy atom. The summed E-state index contributed by atoms with van der Waals surface area (Å²) in [6.07, 6.45) is 2.06. The van der Waals surface area contributed by atoms with Gasteiger partial charge in [0, 0.05) is 17.6 Å². The highest BCUT2D eigenvalue weighted by molar-refractivity contribution is 5.92. The number of nitrogens with zero attached hydrogens (tertiary/aromatic N) is 2. The standard InChI is InChI=1S/C9H6N2O3/c12-6-10-5-4-7-2-1-3-8(9(7)10)11(13)14/h1-6H. The van der Waals surface area contributed by atoms with E-state index in [-0.39, 0.29) is 5.69 Å². The van der Waals surface area contributed by atoms with E-state index in [1.165, 1.54) is 16.8 Å². The number of carbonyl (C=O) groups excluding carboxylic acids is 1. The van der Waals surface area contributed by atoms with E-state index in [1.54, 1.807) is 18.2 Å². The fraction of sp³-hybridized carbons (Fsp3) is 0. The number of rotatable bonds is 2. The molecule has 0 atom stereocenters. The molecule has 0 unspecified atom stereocenters. The van der Waals surface area contributed by atoms with Gasteiger partial charge in [0.15, 0.2) is 0 Å². The van der Waals surface area contributed by atoms with Crippen molar-refractivity contribution in [2.24, 2.45) is 0 Å². The molecule has 0 amide bonds. The first-order valence-electron chi connectivity index (χ1n) is 3.93. The van der Waals surface area contributed by atoms with E-state index in [4.69, 9.17) is 0 Å². The minimum Gasteiger partial charge on any atom is -0.283 e. The minimum atomic E-state index is -0.498. The van der Waals surface area contributed by atoms with Crippen LogP contribution in [0, 0.1) is 10.1 Å². The second-order valence-corrected chi connectivity index (χ2v) is 2.80. The van der Waals surface area contributed by atoms with Crippen LogP contribution in [0.25, 0.3) is 10.9 Å². The van der Waals surface area contributed by atoms with E-state index in [0.717, 1.165) is 0 Å². The molecule has 0 radical (unpaired) electrons. The van der Waals surface area contributed by atoms with Crippen LogP contribution >= 0.6 is 0 Å². The first kappa shape index (κ1) is 8.43. The lowest BCUT2D eigenvalue weighted by Gasteiger charge is -1.96. The van der Waals surface area contributed by atoms with Gasteiger partial charge >= 0.3 is 0 Å². The second-order valence-electron chi connectivity index (χ2n) is 2.80. The zero-order valence-corrected chi connectivity index (χ0v) is 7.08. The Labute approximate surface area is 78.7 Å². The first-order valence-corrected chi connectivity index (χ1v) is 3.93. The maximum atomic E-state index is 10.7. The summed E-state index contributed by atoms with van der Waals surface area (Å²) in [6.45, 7) is 0. The molecule has 1 heterocycles. The van der Waals surface area contributed by atoms with E-state index >= 15 is 0 Å². The fourth-order valence-electron chi connectivity index (χ4n) is 1.43. The fourth-order valence-corrected chi connectivity index (χ4v) is 1.43. The SMILES string of the molecule is O=Cn1ccc2cccc([N+](=O)[O-])c21. The number of para-hydroxylation sites is 1. The zero-order valence-electron chi connectivity index (χ0n) is 7.08. The highest BCUT2D eigenvalue weighted by atomic mass is 16.6. The molecule has 2 rings (SSSR count). The maximum absolute atomic E-state index is 10.7. The normalized spacial score (nSPS) is 10.3. The smallest absolute Gasteiger partial charge is 0.283 e. The monoisotopic (exact) mass is 190 g/mol. The third kappa shape index (κ3) is 1.06. The number of hydrogen-bond donors (Lipinski definition) is 0. The van der Waals surface area contributed by atoms with E-state index in [2.05, 4.69) is 0 Å². The van der Waals surface area contributed by atoms with Crippen LogP contribution in [0.15, 0.2) is 30.5 Å². The Kier molecular flexibility index (Phi) is 1.78. The van der Waals surface area contributed by atoms with Crippen LogP contribution in [-0.4, -0.2) is 15.9 Å². The van der Waals surface area contributed by atoms with Crippen molar-refractivity contribution >= 4 is 23.0 Å². The van der Waals surface area contributed by atoms with Crippen LogP contribution in [0.2, 0.25) is 0 Å². The number of fused-ring (bicyclic) bond motifs is 1. The second kappa shape index (κ2) is 2.95. The third-order valence-corrected chi connectivity index (χ3v) is 2.03. The first-order chi connectivity index (χ1) is 6.74. The van der Waals surface area contributed by atoms with Gasteiger partial charge in [-0.25, -0.2) is 0 Å². The molecule has 0 bridgehead atoms. The number of hydrogen-bond acceptors (Lipinski definition) is 3. The van der Waals surface area contributed by atoms with Gasteiger partial charge in [0.25, 0.3) is 5.69 Å². The van der Waals surface area contributed by atoms with Crippen molar-refractivity contribution in [3.8, 4) is 0 Å². The van der Waals surface area contributed by atoms with Crippen LogP contribution in [0.3, 0.4) is 0 Å². The molecular formula is C9H6N2O3. The maximum Gasteiger partial charge on any atom is 0.293 e. The predicted molar refractivity (Wildman–Crippen MR) is 50.7 cm³/mol. The van der Waals surface area contributed by atoms with Gasteiger partial charge in [-0.05, 0) is 6.07 Å². The van der Waals surface area contributed by atoms with Crippen molar-refractivity contribution in [1.29, 1.82) is 0 Å². The quantitative estimate of drug-likeness (QED) is 0.410. The topological polar surface area (TPSA) is 65.1 Å². The summed E-state index contributed by atoms with van der Waals surface area (Å²) in [5.41, 5.74) is 0.284. The highest BCUT2D eigenvalue weighted by Crippen LogP contribution is 2.25. The molecule has 0 fully saturated rings. The molecule has 70 valence electrons. The van der Waals surface area contributed by atoms with E-state index in [1.807, 2.05) is 0 Å². The van der Waals surface area contributed by atoms with Gasteiger partial charge in [-0.1, -0.05) is 12.1 Å². The molecule has 2 aromatic rings. The summed E-state index contributed by atoms with van der Waals surface area (Å²) in [5, 5.41) is 11.3. The van der Waals surface area contributed by atoms with Crippen LogP contribution in [0.1, 0.15) is 0 Å². The molecule has 0 spiro atoms. The van der Waals surface area contributed by atoms with Crippen molar-refractivity contribution in [3.63, 3.8) is 0 Å². The van der Waals surface area contributed by atoms with Crippen LogP contribution in [0.5, 0.6) is 0 Å². The van der Waals surface area contributed by atoms with Gasteiger partial charge in [-0.15, -0.1) is 0 Å². The van der Waals surface area contributed by atoms with E-state index in [0.29, 0.717) is 17.3 Å². The lowest BCUT2D eigenvalue weighted by Crippen LogP contribution is -1.96. The predicted octanol–water partition coefficient (Wildman–Crippen LogP) is 1.59. The Hall–Kier alpha value is -2.17. The zero-order chi connectivity index (χ0) is 10.1. The van der Waals surface area contributed by atoms with Crippen molar-refractivity contribution in [1.82, 2.24) is 4.57 Å². The average molecular weight is 190 g/mol. The molecule has 0 aliphatic rings. The summed E-state index contributed by atoms with van der Waals surface area (Å²) >= 11 is 0. The van der Waals surface area contributed by atoms with Crippen molar-refractivity contribution < 1.29 is 9.72 Å². The van der Waals surface area contributed by atoms with Crippen LogP contribution < -0.4 is 0 Å². The molecule has 14 heavy (non-hydrogen) atoms. The van der Waals surface area contributed by atoms with Gasteiger partial charge in [-0.2, -0.15) is 0 Å². The van der Waals surface area contributed by atoms with Crippen molar-refractivity contribution in [2.75, 3.05) is 0 Å². The molecule has 0 N–H and O–H groups in total. The average Bonchev–Trinajstić information content (AvgIpc) is 2.59. The third-order valence-electron chi connectivity index (χ3n) is 2.03. The summed E-state index contributed by atoms with van der Waals surface area (Å²) < 4.78 is 1.20. The van der Waals surface area contributed by atoms with Crippen LogP contribution in [0.4, 0.5) is 5.69 Å². The summed E-state index contributed by atoms with van der Waals surface area (Å²) in [7, 11) is 0. The van der Waals surface area contributed by atoms with Crippen molar-refractivity contribution in [2.45, 2.75) is 0 Å². The number of non-ortho nitro benzene ring substituents is 1. The molecular weight excluding hydrogens is 184 g/mol. The largest absolute Gasteiger partial charge is 0.293 e. The van der Waals surface area contributed by atoms with Gasteiger partial charge in [-0.3, -0.25) is 19.5 Å². The summed E-state index contributed by atoms with van der Waals surface area (Å²) in [4.78, 5) is 20.8. The number of nitro groups is 1. The summed E-state index contributed by atoms with van der Waals surface area (Å²) in [5.74, 6) is 0. The van der Waals surface area contributed by atoms with E-state index < -0.39 is 4.92 Å². The Morgan fingerprint density at radius 2 is 2.14 bits per heavy atom. The molecule has 0 aliphatic heterocycles. The Balaban J connectivity index is 2.88. The Morgan fingerprint density at radius 3 is 2.79 bits per heavy atom. The number of benzene rings is 1. The molecule has 0 aliphatic carbocycles. The number of carbonyl (C=O) groups is 1. The lowest BCUT2D eigenvalue weighted by atomic mass is 10.2. The van der Waals surface area contributed by atoms with Gasteiger partial charge in [0.2, 0.25) is 6.41 Å². The number of nitro benzene ring substituents is 1. The van der Waals surface area contributed by atoms with Crippen molar-refractivity contribution in [3.05, 3.63) is 40.6 Å². The molecule has 0 saturated heterocycles. The molecule has 0 saturated carbocycles. The van der Waals surface area contributed by atoms with Gasteiger partial charge in [0.05, 0.1) is 4.92 Å². The molecule has 5 heteroatoms. The minimum absolute atomic E-state index is 0.0559. The van der Waals surface area contributed by atoms with Gasteiger partial charge in [0.1, 0.15) is 5.52 Å². The Bertz CT molecular complexity index is 516. The van der Waals surface area contributed by atoms with Crippen LogP contribution in [-0.2, 0) is 4.79 Å².